The van der Waals surface area contributed by atoms with Gasteiger partial charge in [-0.25, -0.2) is 14.6 Å². The van der Waals surface area contributed by atoms with Crippen molar-refractivity contribution in [3.63, 3.8) is 0 Å². The second-order valence-electron chi connectivity index (χ2n) is 4.17. The van der Waals surface area contributed by atoms with Gasteiger partial charge < -0.3 is 14.8 Å². The fourth-order valence-corrected chi connectivity index (χ4v) is 1.42. The van der Waals surface area contributed by atoms with Gasteiger partial charge in [0.05, 0.1) is 26.6 Å². The summed E-state index contributed by atoms with van der Waals surface area (Å²) in [5, 5.41) is 2.89. The summed E-state index contributed by atoms with van der Waals surface area (Å²) in [6.45, 7) is 3.73. The Morgan fingerprint density at radius 1 is 1.21 bits per heavy atom. The minimum absolute atomic E-state index is 0.00367. The fourth-order valence-electron chi connectivity index (χ4n) is 1.42. The zero-order chi connectivity index (χ0) is 14.4. The molecular formula is C12H17N3O4. The van der Waals surface area contributed by atoms with Gasteiger partial charge in [0.25, 0.3) is 0 Å². The molecule has 7 nitrogen and oxygen atoms in total. The van der Waals surface area contributed by atoms with Crippen LogP contribution >= 0.6 is 0 Å². The van der Waals surface area contributed by atoms with Crippen molar-refractivity contribution in [2.24, 2.45) is 5.92 Å². The molecule has 1 aromatic heterocycles. The fraction of sp³-hybridized carbons (Fsp3) is 0.500. The van der Waals surface area contributed by atoms with Gasteiger partial charge in [0.15, 0.2) is 5.69 Å². The highest BCUT2D eigenvalue weighted by atomic mass is 16.5. The highest BCUT2D eigenvalue weighted by Crippen LogP contribution is 2.11. The lowest BCUT2D eigenvalue weighted by molar-refractivity contribution is -0.142. The van der Waals surface area contributed by atoms with Crippen molar-refractivity contribution in [2.45, 2.75) is 19.9 Å². The molecule has 1 aromatic rings. The summed E-state index contributed by atoms with van der Waals surface area (Å²) in [6.07, 6.45) is 2.71. The van der Waals surface area contributed by atoms with Crippen LogP contribution in [0.3, 0.4) is 0 Å². The van der Waals surface area contributed by atoms with E-state index in [4.69, 9.17) is 4.74 Å². The third-order valence-corrected chi connectivity index (χ3v) is 2.45. The van der Waals surface area contributed by atoms with Crippen molar-refractivity contribution < 1.29 is 19.1 Å². The van der Waals surface area contributed by atoms with Crippen molar-refractivity contribution in [3.05, 3.63) is 18.1 Å². The van der Waals surface area contributed by atoms with Gasteiger partial charge in [-0.15, -0.1) is 0 Å². The number of hydrogen-bond donors (Lipinski definition) is 1. The predicted molar refractivity (Wildman–Crippen MR) is 67.6 cm³/mol. The van der Waals surface area contributed by atoms with Crippen LogP contribution in [0.5, 0.6) is 0 Å². The molecule has 1 heterocycles. The Bertz CT molecular complexity index is 462. The summed E-state index contributed by atoms with van der Waals surface area (Å²) in [5.41, 5.74) is 0.0693. The Balaban J connectivity index is 2.91. The summed E-state index contributed by atoms with van der Waals surface area (Å²) in [6, 6.07) is -0.563. The minimum atomic E-state index is -0.588. The normalized spacial score (nSPS) is 11.8. The van der Waals surface area contributed by atoms with Gasteiger partial charge in [-0.3, -0.25) is 4.98 Å². The second kappa shape index (κ2) is 6.67. The smallest absolute Gasteiger partial charge is 0.358 e. The van der Waals surface area contributed by atoms with E-state index < -0.39 is 18.0 Å². The standard InChI is InChI=1S/C12H17N3O4/c1-7(2)10(12(17)19-4)15-9-6-13-5-8(14-9)11(16)18-3/h5-7,10H,1-4H3,(H,14,15). The van der Waals surface area contributed by atoms with Gasteiger partial charge in [0.1, 0.15) is 11.9 Å². The van der Waals surface area contributed by atoms with E-state index in [9.17, 15) is 9.59 Å². The van der Waals surface area contributed by atoms with Crippen molar-refractivity contribution in [2.75, 3.05) is 19.5 Å². The number of nitrogens with zero attached hydrogens (tertiary/aromatic N) is 2. The molecule has 0 saturated carbocycles. The Morgan fingerprint density at radius 2 is 1.89 bits per heavy atom. The number of aromatic nitrogens is 2. The van der Waals surface area contributed by atoms with E-state index >= 15 is 0 Å². The molecule has 0 amide bonds. The van der Waals surface area contributed by atoms with Gasteiger partial charge in [-0.2, -0.15) is 0 Å². The third kappa shape index (κ3) is 3.90. The van der Waals surface area contributed by atoms with Crippen LogP contribution in [0.1, 0.15) is 24.3 Å². The van der Waals surface area contributed by atoms with Gasteiger partial charge in [0, 0.05) is 0 Å². The van der Waals surface area contributed by atoms with E-state index in [1.165, 1.54) is 26.6 Å². The Hall–Kier alpha value is -2.18. The Labute approximate surface area is 111 Å². The van der Waals surface area contributed by atoms with Crippen LogP contribution in [0, 0.1) is 5.92 Å². The van der Waals surface area contributed by atoms with E-state index in [1.54, 1.807) is 0 Å². The zero-order valence-electron chi connectivity index (χ0n) is 11.3. The Kier molecular flexibility index (Phi) is 5.23. The van der Waals surface area contributed by atoms with Crippen LogP contribution in [-0.2, 0) is 14.3 Å². The molecule has 1 atom stereocenters. The summed E-state index contributed by atoms with van der Waals surface area (Å²) < 4.78 is 9.25. The molecule has 0 radical (unpaired) electrons. The van der Waals surface area contributed by atoms with E-state index in [-0.39, 0.29) is 11.6 Å². The lowest BCUT2D eigenvalue weighted by atomic mass is 10.1. The first kappa shape index (κ1) is 14.9. The monoisotopic (exact) mass is 267 g/mol. The minimum Gasteiger partial charge on any atom is -0.467 e. The average molecular weight is 267 g/mol. The number of methoxy groups -OCH3 is 2. The molecule has 0 spiro atoms. The SMILES string of the molecule is COC(=O)c1cncc(NC(C(=O)OC)C(C)C)n1. The molecule has 0 fully saturated rings. The predicted octanol–water partition coefficient (Wildman–Crippen LogP) is 0.873. The summed E-state index contributed by atoms with van der Waals surface area (Å²) in [7, 11) is 2.57. The number of carbonyl (C=O) groups excluding carboxylic acids is 2. The molecule has 0 saturated heterocycles. The second-order valence-corrected chi connectivity index (χ2v) is 4.17. The van der Waals surface area contributed by atoms with Crippen LogP contribution in [0.25, 0.3) is 0 Å². The third-order valence-electron chi connectivity index (χ3n) is 2.45. The lowest BCUT2D eigenvalue weighted by Gasteiger charge is -2.20. The summed E-state index contributed by atoms with van der Waals surface area (Å²) in [5.74, 6) is -0.682. The number of rotatable bonds is 5. The summed E-state index contributed by atoms with van der Waals surface area (Å²) >= 11 is 0. The van der Waals surface area contributed by atoms with Gasteiger partial charge in [-0.1, -0.05) is 13.8 Å². The van der Waals surface area contributed by atoms with Crippen molar-refractivity contribution in [1.82, 2.24) is 9.97 Å². The van der Waals surface area contributed by atoms with Gasteiger partial charge >= 0.3 is 11.9 Å². The quantitative estimate of drug-likeness (QED) is 0.791. The van der Waals surface area contributed by atoms with E-state index in [0.717, 1.165) is 0 Å². The maximum absolute atomic E-state index is 11.6. The van der Waals surface area contributed by atoms with Crippen LogP contribution in [-0.4, -0.2) is 42.2 Å². The number of ether oxygens (including phenoxy) is 2. The molecule has 7 heteroatoms. The first-order chi connectivity index (χ1) is 8.99. The lowest BCUT2D eigenvalue weighted by Crippen LogP contribution is -2.36. The van der Waals surface area contributed by atoms with Crippen LogP contribution in [0.15, 0.2) is 12.4 Å². The molecule has 19 heavy (non-hydrogen) atoms. The summed E-state index contributed by atoms with van der Waals surface area (Å²) in [4.78, 5) is 30.8. The molecule has 1 rings (SSSR count). The molecule has 104 valence electrons. The maximum Gasteiger partial charge on any atom is 0.358 e. The van der Waals surface area contributed by atoms with E-state index in [2.05, 4.69) is 20.0 Å². The molecule has 1 N–H and O–H groups in total. The number of hydrogen-bond acceptors (Lipinski definition) is 7. The van der Waals surface area contributed by atoms with Crippen molar-refractivity contribution >= 4 is 17.8 Å². The van der Waals surface area contributed by atoms with Gasteiger partial charge in [-0.05, 0) is 5.92 Å². The highest BCUT2D eigenvalue weighted by molar-refractivity contribution is 5.87. The molecule has 0 aromatic carbocycles. The van der Waals surface area contributed by atoms with E-state index in [0.29, 0.717) is 5.82 Å². The molecule has 1 unspecified atom stereocenters. The number of carbonyl (C=O) groups is 2. The number of anilines is 1. The maximum atomic E-state index is 11.6. The number of nitrogens with one attached hydrogen (secondary N) is 1. The van der Waals surface area contributed by atoms with Crippen LogP contribution < -0.4 is 5.32 Å². The largest absolute Gasteiger partial charge is 0.467 e. The molecule has 0 bridgehead atoms. The molecular weight excluding hydrogens is 250 g/mol. The van der Waals surface area contributed by atoms with Crippen molar-refractivity contribution in [1.29, 1.82) is 0 Å². The van der Waals surface area contributed by atoms with E-state index in [1.807, 2.05) is 13.8 Å². The molecule has 0 aliphatic heterocycles. The Morgan fingerprint density at radius 3 is 2.42 bits per heavy atom. The molecule has 0 aliphatic rings. The van der Waals surface area contributed by atoms with Crippen LogP contribution in [0.4, 0.5) is 5.82 Å². The average Bonchev–Trinajstić information content (AvgIpc) is 2.43. The zero-order valence-corrected chi connectivity index (χ0v) is 11.3. The van der Waals surface area contributed by atoms with Crippen LogP contribution in [0.2, 0.25) is 0 Å². The van der Waals surface area contributed by atoms with Crippen molar-refractivity contribution in [3.8, 4) is 0 Å². The first-order valence-corrected chi connectivity index (χ1v) is 5.74. The van der Waals surface area contributed by atoms with Gasteiger partial charge in [0.2, 0.25) is 0 Å². The highest BCUT2D eigenvalue weighted by Gasteiger charge is 2.23. The number of esters is 2. The molecule has 0 aliphatic carbocycles. The first-order valence-electron chi connectivity index (χ1n) is 5.74. The topological polar surface area (TPSA) is 90.4 Å².